The number of benzene rings is 1. The number of piperidine rings is 1. The van der Waals surface area contributed by atoms with Crippen LogP contribution < -0.4 is 5.32 Å². The van der Waals surface area contributed by atoms with Crippen LogP contribution in [0.1, 0.15) is 32.3 Å². The number of halogens is 1. The minimum atomic E-state index is -0.257. The van der Waals surface area contributed by atoms with Crippen molar-refractivity contribution in [3.05, 3.63) is 35.6 Å². The van der Waals surface area contributed by atoms with Gasteiger partial charge < -0.3 is 15.1 Å². The maximum absolute atomic E-state index is 12.9. The van der Waals surface area contributed by atoms with Gasteiger partial charge in [0.2, 0.25) is 5.91 Å². The molecule has 1 heterocycles. The molecule has 0 spiro atoms. The van der Waals surface area contributed by atoms with Crippen molar-refractivity contribution < 1.29 is 14.0 Å². The molecule has 1 aliphatic rings. The number of carbonyl (C=O) groups excluding carboxylic acids is 2. The average Bonchev–Trinajstić information content (AvgIpc) is 2.64. The summed E-state index contributed by atoms with van der Waals surface area (Å²) in [7, 11) is 0. The number of hydrogen-bond donors (Lipinski definition) is 1. The summed E-state index contributed by atoms with van der Waals surface area (Å²) in [4.78, 5) is 28.4. The van der Waals surface area contributed by atoms with Crippen molar-refractivity contribution in [3.63, 3.8) is 0 Å². The van der Waals surface area contributed by atoms with Crippen molar-refractivity contribution >= 4 is 11.9 Å². The SMILES string of the molecule is CCN(CC)C(=O)N1CCCC(C(=O)NCCc2ccc(F)cc2)C1. The molecule has 1 unspecified atom stereocenters. The van der Waals surface area contributed by atoms with Crippen molar-refractivity contribution in [2.75, 3.05) is 32.7 Å². The molecule has 25 heavy (non-hydrogen) atoms. The average molecular weight is 349 g/mol. The largest absolute Gasteiger partial charge is 0.355 e. The van der Waals surface area contributed by atoms with Crippen LogP contribution in [0.4, 0.5) is 9.18 Å². The van der Waals surface area contributed by atoms with Crippen molar-refractivity contribution in [1.82, 2.24) is 15.1 Å². The van der Waals surface area contributed by atoms with Gasteiger partial charge in [-0.05, 0) is 50.8 Å². The third-order valence-electron chi connectivity index (χ3n) is 4.72. The summed E-state index contributed by atoms with van der Waals surface area (Å²) in [6.07, 6.45) is 2.33. The molecule has 0 radical (unpaired) electrons. The van der Waals surface area contributed by atoms with Crippen LogP contribution in [0.3, 0.4) is 0 Å². The molecule has 3 amide bonds. The number of carbonyl (C=O) groups is 2. The lowest BCUT2D eigenvalue weighted by molar-refractivity contribution is -0.126. The quantitative estimate of drug-likeness (QED) is 0.858. The van der Waals surface area contributed by atoms with Crippen LogP contribution in [-0.4, -0.2) is 54.5 Å². The first-order valence-corrected chi connectivity index (χ1v) is 9.11. The van der Waals surface area contributed by atoms with Crippen LogP contribution in [0.15, 0.2) is 24.3 Å². The predicted octanol–water partition coefficient (Wildman–Crippen LogP) is 2.66. The summed E-state index contributed by atoms with van der Waals surface area (Å²) < 4.78 is 12.9. The maximum atomic E-state index is 12.9. The summed E-state index contributed by atoms with van der Waals surface area (Å²) in [5.41, 5.74) is 0.990. The van der Waals surface area contributed by atoms with Crippen LogP contribution in [0, 0.1) is 11.7 Å². The summed E-state index contributed by atoms with van der Waals surface area (Å²) in [6.45, 7) is 7.01. The van der Waals surface area contributed by atoms with Crippen LogP contribution in [0.25, 0.3) is 0 Å². The Morgan fingerprint density at radius 2 is 1.92 bits per heavy atom. The fraction of sp³-hybridized carbons (Fsp3) is 0.579. The van der Waals surface area contributed by atoms with E-state index in [-0.39, 0.29) is 23.7 Å². The molecule has 0 saturated carbocycles. The lowest BCUT2D eigenvalue weighted by Crippen LogP contribution is -2.50. The zero-order valence-electron chi connectivity index (χ0n) is 15.1. The summed E-state index contributed by atoms with van der Waals surface area (Å²) in [6, 6.07) is 6.33. The third kappa shape index (κ3) is 5.44. The Kier molecular flexibility index (Phi) is 7.22. The third-order valence-corrected chi connectivity index (χ3v) is 4.72. The van der Waals surface area contributed by atoms with Gasteiger partial charge >= 0.3 is 6.03 Å². The molecule has 1 atom stereocenters. The van der Waals surface area contributed by atoms with Gasteiger partial charge in [-0.3, -0.25) is 4.79 Å². The Balaban J connectivity index is 1.80. The first-order valence-electron chi connectivity index (χ1n) is 9.11. The number of likely N-dealkylation sites (tertiary alicyclic amines) is 1. The Morgan fingerprint density at radius 3 is 2.56 bits per heavy atom. The lowest BCUT2D eigenvalue weighted by Gasteiger charge is -2.35. The van der Waals surface area contributed by atoms with Crippen LogP contribution in [0.2, 0.25) is 0 Å². The zero-order valence-corrected chi connectivity index (χ0v) is 15.1. The lowest BCUT2D eigenvalue weighted by atomic mass is 9.97. The van der Waals surface area contributed by atoms with Gasteiger partial charge in [0.25, 0.3) is 0 Å². The second-order valence-corrected chi connectivity index (χ2v) is 6.41. The standard InChI is InChI=1S/C19H28FN3O2/c1-3-22(4-2)19(25)23-13-5-6-16(14-23)18(24)21-12-11-15-7-9-17(20)10-8-15/h7-10,16H,3-6,11-14H2,1-2H3,(H,21,24). The molecule has 1 N–H and O–H groups in total. The summed E-state index contributed by atoms with van der Waals surface area (Å²) in [5, 5.41) is 2.95. The highest BCUT2D eigenvalue weighted by atomic mass is 19.1. The van der Waals surface area contributed by atoms with Crippen LogP contribution >= 0.6 is 0 Å². The van der Waals surface area contributed by atoms with E-state index in [0.717, 1.165) is 18.4 Å². The van der Waals surface area contributed by atoms with Gasteiger partial charge in [0.15, 0.2) is 0 Å². The summed E-state index contributed by atoms with van der Waals surface area (Å²) in [5.74, 6) is -0.409. The maximum Gasteiger partial charge on any atom is 0.320 e. The highest BCUT2D eigenvalue weighted by molar-refractivity contribution is 5.80. The topological polar surface area (TPSA) is 52.7 Å². The van der Waals surface area contributed by atoms with Gasteiger partial charge in [-0.1, -0.05) is 12.1 Å². The van der Waals surface area contributed by atoms with E-state index < -0.39 is 0 Å². The number of nitrogens with one attached hydrogen (secondary N) is 1. The first-order chi connectivity index (χ1) is 12.0. The van der Waals surface area contributed by atoms with Gasteiger partial charge in [-0.2, -0.15) is 0 Å². The van der Waals surface area contributed by atoms with E-state index in [0.29, 0.717) is 39.1 Å². The molecule has 1 aliphatic heterocycles. The Labute approximate surface area is 149 Å². The van der Waals surface area contributed by atoms with Crippen molar-refractivity contribution in [2.24, 2.45) is 5.92 Å². The van der Waals surface area contributed by atoms with E-state index >= 15 is 0 Å². The van der Waals surface area contributed by atoms with Crippen LogP contribution in [-0.2, 0) is 11.2 Å². The molecule has 0 aliphatic carbocycles. The van der Waals surface area contributed by atoms with Gasteiger partial charge in [0, 0.05) is 32.7 Å². The second-order valence-electron chi connectivity index (χ2n) is 6.41. The molecule has 1 aromatic rings. The van der Waals surface area contributed by atoms with E-state index in [2.05, 4.69) is 5.32 Å². The molecule has 138 valence electrons. The Morgan fingerprint density at radius 1 is 1.24 bits per heavy atom. The van der Waals surface area contributed by atoms with E-state index in [1.165, 1.54) is 12.1 Å². The molecule has 1 saturated heterocycles. The molecule has 5 nitrogen and oxygen atoms in total. The highest BCUT2D eigenvalue weighted by Crippen LogP contribution is 2.18. The number of nitrogens with zero attached hydrogens (tertiary/aromatic N) is 2. The summed E-state index contributed by atoms with van der Waals surface area (Å²) >= 11 is 0. The molecule has 0 aromatic heterocycles. The molecule has 1 aromatic carbocycles. The number of urea groups is 1. The van der Waals surface area contributed by atoms with E-state index in [4.69, 9.17) is 0 Å². The highest BCUT2D eigenvalue weighted by Gasteiger charge is 2.29. The fourth-order valence-electron chi connectivity index (χ4n) is 3.18. The van der Waals surface area contributed by atoms with Crippen molar-refractivity contribution in [3.8, 4) is 0 Å². The molecule has 2 rings (SSSR count). The second kappa shape index (κ2) is 9.39. The Hall–Kier alpha value is -2.11. The predicted molar refractivity (Wildman–Crippen MR) is 95.7 cm³/mol. The van der Waals surface area contributed by atoms with Crippen LogP contribution in [0.5, 0.6) is 0 Å². The van der Waals surface area contributed by atoms with Gasteiger partial charge in [-0.25, -0.2) is 9.18 Å². The molecular weight excluding hydrogens is 321 g/mol. The molecule has 0 bridgehead atoms. The van der Waals surface area contributed by atoms with E-state index in [1.807, 2.05) is 13.8 Å². The van der Waals surface area contributed by atoms with Gasteiger partial charge in [-0.15, -0.1) is 0 Å². The smallest absolute Gasteiger partial charge is 0.320 e. The van der Waals surface area contributed by atoms with Gasteiger partial charge in [0.1, 0.15) is 5.82 Å². The minimum Gasteiger partial charge on any atom is -0.355 e. The first kappa shape index (κ1) is 19.2. The number of hydrogen-bond acceptors (Lipinski definition) is 2. The monoisotopic (exact) mass is 349 g/mol. The van der Waals surface area contributed by atoms with E-state index in [1.54, 1.807) is 21.9 Å². The number of rotatable bonds is 6. The normalized spacial score (nSPS) is 17.2. The fourth-order valence-corrected chi connectivity index (χ4v) is 3.18. The molecule has 6 heteroatoms. The van der Waals surface area contributed by atoms with Crippen molar-refractivity contribution in [1.29, 1.82) is 0 Å². The number of amides is 3. The van der Waals surface area contributed by atoms with Gasteiger partial charge in [0.05, 0.1) is 5.92 Å². The van der Waals surface area contributed by atoms with E-state index in [9.17, 15) is 14.0 Å². The minimum absolute atomic E-state index is 0.000779. The zero-order chi connectivity index (χ0) is 18.2. The Bertz CT molecular complexity index is 573. The van der Waals surface area contributed by atoms with Crippen molar-refractivity contribution in [2.45, 2.75) is 33.1 Å². The molecular formula is C19H28FN3O2. The molecule has 1 fully saturated rings.